The van der Waals surface area contributed by atoms with E-state index in [1.54, 1.807) is 0 Å². The third kappa shape index (κ3) is 0.878. The highest BCUT2D eigenvalue weighted by atomic mass is 16.5. The molecule has 1 nitrogen and oxygen atoms in total. The lowest BCUT2D eigenvalue weighted by Gasteiger charge is -2.33. The molecule has 0 bridgehead atoms. The summed E-state index contributed by atoms with van der Waals surface area (Å²) in [6, 6.07) is 0. The van der Waals surface area contributed by atoms with Crippen molar-refractivity contribution in [2.24, 2.45) is 11.3 Å². The fraction of sp³-hybridized carbons (Fsp3) is 1.00. The van der Waals surface area contributed by atoms with Gasteiger partial charge in [-0.15, -0.1) is 0 Å². The van der Waals surface area contributed by atoms with Crippen molar-refractivity contribution >= 4 is 0 Å². The summed E-state index contributed by atoms with van der Waals surface area (Å²) >= 11 is 0. The maximum Gasteiger partial charge on any atom is 0.0523 e. The van der Waals surface area contributed by atoms with Crippen molar-refractivity contribution in [1.82, 2.24) is 0 Å². The van der Waals surface area contributed by atoms with Crippen molar-refractivity contribution in [2.75, 3.05) is 13.2 Å². The van der Waals surface area contributed by atoms with E-state index in [0.29, 0.717) is 5.41 Å². The van der Waals surface area contributed by atoms with E-state index in [4.69, 9.17) is 4.74 Å². The molecule has 2 atom stereocenters. The number of rotatable bonds is 0. The lowest BCUT2D eigenvalue weighted by molar-refractivity contribution is 0.143. The van der Waals surface area contributed by atoms with Crippen LogP contribution in [0.25, 0.3) is 0 Å². The third-order valence-electron chi connectivity index (χ3n) is 3.29. The summed E-state index contributed by atoms with van der Waals surface area (Å²) in [6.07, 6.45) is 5.67. The monoisotopic (exact) mass is 140 g/mol. The van der Waals surface area contributed by atoms with Crippen molar-refractivity contribution in [3.8, 4) is 0 Å². The Labute approximate surface area is 62.8 Å². The summed E-state index contributed by atoms with van der Waals surface area (Å²) in [5.41, 5.74) is 0.568. The van der Waals surface area contributed by atoms with Crippen molar-refractivity contribution < 1.29 is 4.74 Å². The highest BCUT2D eigenvalue weighted by molar-refractivity contribution is 4.89. The molecule has 10 heavy (non-hydrogen) atoms. The number of fused-ring (bicyclic) bond motifs is 1. The molecule has 0 radical (unpaired) electrons. The summed E-state index contributed by atoms with van der Waals surface area (Å²) < 4.78 is 5.49. The van der Waals surface area contributed by atoms with E-state index in [-0.39, 0.29) is 0 Å². The first kappa shape index (κ1) is 6.66. The second-order valence-corrected chi connectivity index (χ2v) is 4.11. The van der Waals surface area contributed by atoms with Crippen LogP contribution in [0, 0.1) is 11.3 Å². The average molecular weight is 140 g/mol. The van der Waals surface area contributed by atoms with Gasteiger partial charge >= 0.3 is 0 Å². The average Bonchev–Trinajstić information content (AvgIpc) is 2.29. The Morgan fingerprint density at radius 3 is 3.10 bits per heavy atom. The van der Waals surface area contributed by atoms with Gasteiger partial charge < -0.3 is 4.74 Å². The van der Waals surface area contributed by atoms with E-state index in [0.717, 1.165) is 19.1 Å². The molecule has 2 fully saturated rings. The minimum Gasteiger partial charge on any atom is -0.381 e. The van der Waals surface area contributed by atoms with E-state index >= 15 is 0 Å². The Kier molecular flexibility index (Phi) is 1.48. The lowest BCUT2D eigenvalue weighted by Crippen LogP contribution is -2.29. The van der Waals surface area contributed by atoms with Gasteiger partial charge in [0.1, 0.15) is 0 Å². The smallest absolute Gasteiger partial charge is 0.0523 e. The molecule has 1 saturated heterocycles. The summed E-state index contributed by atoms with van der Waals surface area (Å²) in [4.78, 5) is 0. The molecule has 2 aliphatic rings. The highest BCUT2D eigenvalue weighted by Crippen LogP contribution is 2.44. The van der Waals surface area contributed by atoms with Crippen LogP contribution >= 0.6 is 0 Å². The van der Waals surface area contributed by atoms with Crippen molar-refractivity contribution in [2.45, 2.75) is 32.6 Å². The van der Waals surface area contributed by atoms with Gasteiger partial charge in [0, 0.05) is 0 Å². The Morgan fingerprint density at radius 1 is 1.40 bits per heavy atom. The fourth-order valence-electron chi connectivity index (χ4n) is 2.38. The molecule has 2 rings (SSSR count). The van der Waals surface area contributed by atoms with Gasteiger partial charge in [0.15, 0.2) is 0 Å². The predicted molar refractivity (Wildman–Crippen MR) is 40.9 cm³/mol. The Hall–Kier alpha value is -0.0400. The van der Waals surface area contributed by atoms with Crippen LogP contribution in [0.1, 0.15) is 32.6 Å². The SMILES string of the molecule is C[C@]12CCCC[C@H]1COC2. The van der Waals surface area contributed by atoms with E-state index in [2.05, 4.69) is 6.92 Å². The van der Waals surface area contributed by atoms with E-state index < -0.39 is 0 Å². The van der Waals surface area contributed by atoms with E-state index in [1.165, 1.54) is 25.7 Å². The number of ether oxygens (including phenoxy) is 1. The van der Waals surface area contributed by atoms with E-state index in [9.17, 15) is 0 Å². The summed E-state index contributed by atoms with van der Waals surface area (Å²) in [5, 5.41) is 0. The first-order valence-electron chi connectivity index (χ1n) is 4.39. The Balaban J connectivity index is 2.10. The topological polar surface area (TPSA) is 9.23 Å². The molecule has 1 aliphatic carbocycles. The van der Waals surface area contributed by atoms with Gasteiger partial charge in [-0.2, -0.15) is 0 Å². The molecule has 1 aliphatic heterocycles. The maximum atomic E-state index is 5.49. The van der Waals surface area contributed by atoms with Crippen molar-refractivity contribution in [3.63, 3.8) is 0 Å². The van der Waals surface area contributed by atoms with Gasteiger partial charge in [-0.05, 0) is 24.2 Å². The largest absolute Gasteiger partial charge is 0.381 e. The van der Waals surface area contributed by atoms with Crippen molar-refractivity contribution in [1.29, 1.82) is 0 Å². The van der Waals surface area contributed by atoms with Crippen molar-refractivity contribution in [3.05, 3.63) is 0 Å². The zero-order chi connectivity index (χ0) is 7.03. The minimum absolute atomic E-state index is 0.568. The van der Waals surface area contributed by atoms with Crippen LogP contribution in [-0.2, 0) is 4.74 Å². The summed E-state index contributed by atoms with van der Waals surface area (Å²) in [5.74, 6) is 0.890. The third-order valence-corrected chi connectivity index (χ3v) is 3.29. The molecule has 58 valence electrons. The molecule has 0 aromatic carbocycles. The fourth-order valence-corrected chi connectivity index (χ4v) is 2.38. The molecule has 1 saturated carbocycles. The van der Waals surface area contributed by atoms with E-state index in [1.807, 2.05) is 0 Å². The second kappa shape index (κ2) is 2.23. The number of hydrogen-bond donors (Lipinski definition) is 0. The van der Waals surface area contributed by atoms with Gasteiger partial charge in [0.05, 0.1) is 13.2 Å². The first-order chi connectivity index (χ1) is 4.81. The zero-order valence-electron chi connectivity index (χ0n) is 6.73. The summed E-state index contributed by atoms with van der Waals surface area (Å²) in [7, 11) is 0. The predicted octanol–water partition coefficient (Wildman–Crippen LogP) is 2.21. The standard InChI is InChI=1S/C9H16O/c1-9-5-3-2-4-8(9)6-10-7-9/h8H,2-7H2,1H3/t8-,9+/m0/s1. The van der Waals surface area contributed by atoms with Crippen LogP contribution in [-0.4, -0.2) is 13.2 Å². The van der Waals surface area contributed by atoms with Gasteiger partial charge in [-0.25, -0.2) is 0 Å². The molecule has 1 heteroatoms. The van der Waals surface area contributed by atoms with Gasteiger partial charge in [-0.3, -0.25) is 0 Å². The molecule has 0 unspecified atom stereocenters. The molecular formula is C9H16O. The maximum absolute atomic E-state index is 5.49. The zero-order valence-corrected chi connectivity index (χ0v) is 6.73. The highest BCUT2D eigenvalue weighted by Gasteiger charge is 2.40. The van der Waals surface area contributed by atoms with Crippen LogP contribution in [0.4, 0.5) is 0 Å². The Morgan fingerprint density at radius 2 is 2.30 bits per heavy atom. The van der Waals surface area contributed by atoms with Crippen LogP contribution in [0.3, 0.4) is 0 Å². The molecule has 0 aromatic heterocycles. The Bertz CT molecular complexity index is 133. The first-order valence-corrected chi connectivity index (χ1v) is 4.39. The van der Waals surface area contributed by atoms with Gasteiger partial charge in [-0.1, -0.05) is 19.8 Å². The van der Waals surface area contributed by atoms with Crippen LogP contribution in [0.2, 0.25) is 0 Å². The molecule has 0 spiro atoms. The van der Waals surface area contributed by atoms with Gasteiger partial charge in [0.2, 0.25) is 0 Å². The molecule has 0 N–H and O–H groups in total. The summed E-state index contributed by atoms with van der Waals surface area (Å²) in [6.45, 7) is 4.46. The lowest BCUT2D eigenvalue weighted by atomic mass is 9.70. The molecule has 0 amide bonds. The normalized spacial score (nSPS) is 47.1. The van der Waals surface area contributed by atoms with Gasteiger partial charge in [0.25, 0.3) is 0 Å². The molecule has 0 aromatic rings. The van der Waals surface area contributed by atoms with Crippen LogP contribution in [0.5, 0.6) is 0 Å². The van der Waals surface area contributed by atoms with Crippen LogP contribution < -0.4 is 0 Å². The molecule has 1 heterocycles. The second-order valence-electron chi connectivity index (χ2n) is 4.11. The molecular weight excluding hydrogens is 124 g/mol. The van der Waals surface area contributed by atoms with Crippen LogP contribution in [0.15, 0.2) is 0 Å². The quantitative estimate of drug-likeness (QED) is 0.501. The minimum atomic E-state index is 0.568. The number of hydrogen-bond acceptors (Lipinski definition) is 1.